The summed E-state index contributed by atoms with van der Waals surface area (Å²) in [5.41, 5.74) is 2.50. The summed E-state index contributed by atoms with van der Waals surface area (Å²) in [5.74, 6) is 1.01. The molecule has 1 aromatic heterocycles. The summed E-state index contributed by atoms with van der Waals surface area (Å²) >= 11 is 9.88. The van der Waals surface area contributed by atoms with Crippen molar-refractivity contribution in [2.75, 3.05) is 18.5 Å². The van der Waals surface area contributed by atoms with Crippen LogP contribution < -0.4 is 14.8 Å². The van der Waals surface area contributed by atoms with Gasteiger partial charge in [-0.2, -0.15) is 0 Å². The predicted molar refractivity (Wildman–Crippen MR) is 105 cm³/mol. The molecule has 2 aromatic carbocycles. The second kappa shape index (κ2) is 6.85. The average Bonchev–Trinajstić information content (AvgIpc) is 2.88. The third kappa shape index (κ3) is 3.04. The van der Waals surface area contributed by atoms with Crippen molar-refractivity contribution in [1.82, 2.24) is 4.57 Å². The molecule has 0 radical (unpaired) electrons. The highest BCUT2D eigenvalue weighted by molar-refractivity contribution is 9.10. The predicted octanol–water partition coefficient (Wildman–Crippen LogP) is 4.78. The summed E-state index contributed by atoms with van der Waals surface area (Å²) < 4.78 is 14.0. The monoisotopic (exact) mass is 434 g/mol. The third-order valence-corrected chi connectivity index (χ3v) is 5.68. The highest BCUT2D eigenvalue weighted by Crippen LogP contribution is 2.38. The summed E-state index contributed by atoms with van der Waals surface area (Å²) in [6, 6.07) is 11.3. The van der Waals surface area contributed by atoms with Crippen molar-refractivity contribution in [3.8, 4) is 11.5 Å². The van der Waals surface area contributed by atoms with E-state index in [0.717, 1.165) is 21.1 Å². The average molecular weight is 436 g/mol. The molecule has 1 aliphatic heterocycles. The van der Waals surface area contributed by atoms with E-state index in [1.54, 1.807) is 12.1 Å². The Morgan fingerprint density at radius 3 is 2.69 bits per heavy atom. The summed E-state index contributed by atoms with van der Waals surface area (Å²) in [5, 5.41) is 4.36. The zero-order valence-electron chi connectivity index (χ0n) is 14.0. The molecular weight excluding hydrogens is 420 g/mol. The van der Waals surface area contributed by atoms with E-state index in [9.17, 15) is 4.79 Å². The van der Waals surface area contributed by atoms with Crippen LogP contribution in [-0.2, 0) is 11.3 Å². The van der Waals surface area contributed by atoms with E-state index in [2.05, 4.69) is 21.2 Å². The van der Waals surface area contributed by atoms with E-state index in [-0.39, 0.29) is 12.5 Å². The van der Waals surface area contributed by atoms with Gasteiger partial charge in [-0.3, -0.25) is 4.79 Å². The van der Waals surface area contributed by atoms with Crippen molar-refractivity contribution in [2.45, 2.75) is 13.5 Å². The van der Waals surface area contributed by atoms with Crippen LogP contribution in [0.25, 0.3) is 10.9 Å². The molecule has 0 spiro atoms. The topological polar surface area (TPSA) is 52.5 Å². The molecule has 1 amide bonds. The molecule has 0 fully saturated rings. The van der Waals surface area contributed by atoms with Gasteiger partial charge in [0.05, 0.1) is 10.7 Å². The van der Waals surface area contributed by atoms with Gasteiger partial charge >= 0.3 is 0 Å². The molecular formula is C19H16BrClN2O3. The van der Waals surface area contributed by atoms with E-state index < -0.39 is 0 Å². The highest BCUT2D eigenvalue weighted by atomic mass is 79.9. The minimum Gasteiger partial charge on any atom is -0.486 e. The zero-order chi connectivity index (χ0) is 18.3. The van der Waals surface area contributed by atoms with Crippen LogP contribution >= 0.6 is 27.5 Å². The second-order valence-corrected chi connectivity index (χ2v) is 7.23. The number of anilines is 1. The quantitative estimate of drug-likeness (QED) is 0.644. The fourth-order valence-electron chi connectivity index (χ4n) is 3.09. The number of carbonyl (C=O) groups is 1. The van der Waals surface area contributed by atoms with E-state index in [0.29, 0.717) is 35.4 Å². The maximum atomic E-state index is 12.6. The maximum Gasteiger partial charge on any atom is 0.244 e. The van der Waals surface area contributed by atoms with Gasteiger partial charge in [0, 0.05) is 33.2 Å². The molecule has 0 unspecified atom stereocenters. The number of nitrogens with one attached hydrogen (secondary N) is 1. The van der Waals surface area contributed by atoms with Gasteiger partial charge in [0.15, 0.2) is 11.5 Å². The zero-order valence-corrected chi connectivity index (χ0v) is 16.4. The maximum absolute atomic E-state index is 12.6. The lowest BCUT2D eigenvalue weighted by Crippen LogP contribution is -2.20. The van der Waals surface area contributed by atoms with Gasteiger partial charge in [-0.1, -0.05) is 29.8 Å². The molecule has 3 aromatic rings. The lowest BCUT2D eigenvalue weighted by Gasteiger charge is -2.20. The van der Waals surface area contributed by atoms with Crippen molar-refractivity contribution >= 4 is 50.0 Å². The first-order valence-corrected chi connectivity index (χ1v) is 9.34. The molecule has 4 rings (SSSR count). The molecule has 134 valence electrons. The third-order valence-electron chi connectivity index (χ3n) is 4.36. The Kier molecular flexibility index (Phi) is 4.54. The van der Waals surface area contributed by atoms with Crippen LogP contribution in [0.15, 0.2) is 40.9 Å². The highest BCUT2D eigenvalue weighted by Gasteiger charge is 2.18. The molecule has 0 saturated heterocycles. The molecule has 2 heterocycles. The minimum atomic E-state index is -0.167. The fraction of sp³-hybridized carbons (Fsp3) is 0.211. The van der Waals surface area contributed by atoms with Crippen LogP contribution in [0.5, 0.6) is 11.5 Å². The SMILES string of the molecule is Cc1c(Br)c2ccccc2n1CC(=O)Nc1cc2c(cc1Cl)OCCO2. The molecule has 0 atom stereocenters. The van der Waals surface area contributed by atoms with Gasteiger partial charge in [0.1, 0.15) is 19.8 Å². The first-order valence-electron chi connectivity index (χ1n) is 8.17. The lowest BCUT2D eigenvalue weighted by atomic mass is 10.2. The number of amides is 1. The number of benzene rings is 2. The molecule has 26 heavy (non-hydrogen) atoms. The minimum absolute atomic E-state index is 0.167. The molecule has 0 aliphatic carbocycles. The van der Waals surface area contributed by atoms with Crippen molar-refractivity contribution in [3.05, 3.63) is 51.6 Å². The largest absolute Gasteiger partial charge is 0.486 e. The lowest BCUT2D eigenvalue weighted by molar-refractivity contribution is -0.116. The Bertz CT molecular complexity index is 1020. The van der Waals surface area contributed by atoms with Gasteiger partial charge in [0.2, 0.25) is 5.91 Å². The van der Waals surface area contributed by atoms with Crippen molar-refractivity contribution in [1.29, 1.82) is 0 Å². The smallest absolute Gasteiger partial charge is 0.244 e. The van der Waals surface area contributed by atoms with Crippen LogP contribution in [0.2, 0.25) is 5.02 Å². The number of carbonyl (C=O) groups excluding carboxylic acids is 1. The Morgan fingerprint density at radius 1 is 1.23 bits per heavy atom. The number of fused-ring (bicyclic) bond motifs is 2. The summed E-state index contributed by atoms with van der Waals surface area (Å²) in [7, 11) is 0. The molecule has 0 saturated carbocycles. The molecule has 7 heteroatoms. The number of halogens is 2. The Hall–Kier alpha value is -2.18. The van der Waals surface area contributed by atoms with E-state index in [1.165, 1.54) is 0 Å². The molecule has 1 aliphatic rings. The van der Waals surface area contributed by atoms with Crippen molar-refractivity contribution in [3.63, 3.8) is 0 Å². The standard InChI is InChI=1S/C19H16BrClN2O3/c1-11-19(20)12-4-2-3-5-15(12)23(11)10-18(24)22-14-9-17-16(8-13(14)21)25-6-7-26-17/h2-5,8-9H,6-7,10H2,1H3,(H,22,24). The van der Waals surface area contributed by atoms with E-state index in [4.69, 9.17) is 21.1 Å². The number of para-hydroxylation sites is 1. The van der Waals surface area contributed by atoms with Crippen LogP contribution in [-0.4, -0.2) is 23.7 Å². The van der Waals surface area contributed by atoms with Crippen molar-refractivity contribution < 1.29 is 14.3 Å². The van der Waals surface area contributed by atoms with Crippen LogP contribution in [0.3, 0.4) is 0 Å². The number of aromatic nitrogens is 1. The summed E-state index contributed by atoms with van der Waals surface area (Å²) in [4.78, 5) is 12.6. The number of hydrogen-bond donors (Lipinski definition) is 1. The fourth-order valence-corrected chi connectivity index (χ4v) is 3.84. The van der Waals surface area contributed by atoms with E-state index in [1.807, 2.05) is 35.8 Å². The normalized spacial score (nSPS) is 13.0. The molecule has 5 nitrogen and oxygen atoms in total. The Morgan fingerprint density at radius 2 is 1.92 bits per heavy atom. The first kappa shape index (κ1) is 17.2. The Balaban J connectivity index is 1.60. The van der Waals surface area contributed by atoms with Gasteiger partial charge in [-0.25, -0.2) is 0 Å². The first-order chi connectivity index (χ1) is 12.5. The molecule has 1 N–H and O–H groups in total. The number of ether oxygens (including phenoxy) is 2. The Labute approximate surface area is 164 Å². The van der Waals surface area contributed by atoms with Gasteiger partial charge in [-0.15, -0.1) is 0 Å². The van der Waals surface area contributed by atoms with E-state index >= 15 is 0 Å². The number of hydrogen-bond acceptors (Lipinski definition) is 3. The molecule has 0 bridgehead atoms. The summed E-state index contributed by atoms with van der Waals surface area (Å²) in [6.07, 6.45) is 0. The van der Waals surface area contributed by atoms with Gasteiger partial charge in [0.25, 0.3) is 0 Å². The number of rotatable bonds is 3. The van der Waals surface area contributed by atoms with Crippen LogP contribution in [0.4, 0.5) is 5.69 Å². The number of nitrogens with zero attached hydrogens (tertiary/aromatic N) is 1. The summed E-state index contributed by atoms with van der Waals surface area (Å²) in [6.45, 7) is 3.13. The van der Waals surface area contributed by atoms with Crippen molar-refractivity contribution in [2.24, 2.45) is 0 Å². The van der Waals surface area contributed by atoms with Gasteiger partial charge in [-0.05, 0) is 28.9 Å². The second-order valence-electron chi connectivity index (χ2n) is 6.03. The van der Waals surface area contributed by atoms with Crippen LogP contribution in [0, 0.1) is 6.92 Å². The van der Waals surface area contributed by atoms with Gasteiger partial charge < -0.3 is 19.4 Å². The van der Waals surface area contributed by atoms with Crippen LogP contribution in [0.1, 0.15) is 5.69 Å².